The Labute approximate surface area is 150 Å². The van der Waals surface area contributed by atoms with E-state index in [1.807, 2.05) is 0 Å². The molecule has 1 aliphatic heterocycles. The molecule has 5 nitrogen and oxygen atoms in total. The molecule has 7 heteroatoms. The zero-order chi connectivity index (χ0) is 18.7. The van der Waals surface area contributed by atoms with E-state index in [2.05, 4.69) is 0 Å². The number of benzene rings is 2. The first-order valence-corrected chi connectivity index (χ1v) is 8.42. The Bertz CT molecular complexity index is 821. The molecule has 0 unspecified atom stereocenters. The molecular weight excluding hydrogens is 338 g/mol. The van der Waals surface area contributed by atoms with E-state index in [1.165, 1.54) is 24.3 Å². The fourth-order valence-corrected chi connectivity index (χ4v) is 3.02. The third kappa shape index (κ3) is 3.78. The number of carbonyl (C=O) groups is 2. The van der Waals surface area contributed by atoms with Crippen LogP contribution in [0.3, 0.4) is 0 Å². The summed E-state index contributed by atoms with van der Waals surface area (Å²) in [6.45, 7) is 1.94. The Balaban J connectivity index is 1.77. The number of para-hydroxylation sites is 1. The minimum Gasteiger partial charge on any atom is -0.535 e. The molecule has 1 heterocycles. The summed E-state index contributed by atoms with van der Waals surface area (Å²) in [4.78, 5) is 24.4. The molecule has 0 aliphatic carbocycles. The molecular formula is C19H18BFO5. The van der Waals surface area contributed by atoms with E-state index in [9.17, 15) is 19.0 Å². The van der Waals surface area contributed by atoms with Gasteiger partial charge in [-0.3, -0.25) is 4.79 Å². The van der Waals surface area contributed by atoms with Gasteiger partial charge < -0.3 is 14.4 Å². The molecule has 0 spiro atoms. The van der Waals surface area contributed by atoms with Crippen LogP contribution in [0.5, 0.6) is 5.75 Å². The molecule has 0 bridgehead atoms. The Hall–Kier alpha value is -2.67. The van der Waals surface area contributed by atoms with Gasteiger partial charge in [-0.25, -0.2) is 9.18 Å². The highest BCUT2D eigenvalue weighted by Crippen LogP contribution is 2.37. The summed E-state index contributed by atoms with van der Waals surface area (Å²) in [6, 6.07) is 10.4. The van der Waals surface area contributed by atoms with Crippen molar-refractivity contribution < 1.29 is 28.4 Å². The first kappa shape index (κ1) is 18.1. The van der Waals surface area contributed by atoms with Crippen LogP contribution in [0.2, 0.25) is 5.82 Å². The number of esters is 1. The lowest BCUT2D eigenvalue weighted by Crippen LogP contribution is -2.36. The van der Waals surface area contributed by atoms with Gasteiger partial charge in [0, 0.05) is 17.8 Å². The van der Waals surface area contributed by atoms with Crippen LogP contribution in [0.1, 0.15) is 39.6 Å². The maximum Gasteiger partial charge on any atom is 0.526 e. The molecule has 0 saturated carbocycles. The predicted molar refractivity (Wildman–Crippen MR) is 93.8 cm³/mol. The summed E-state index contributed by atoms with van der Waals surface area (Å²) in [6.07, 6.45) is 0.437. The summed E-state index contributed by atoms with van der Waals surface area (Å²) < 4.78 is 23.5. The van der Waals surface area contributed by atoms with Crippen molar-refractivity contribution in [1.29, 1.82) is 0 Å². The largest absolute Gasteiger partial charge is 0.535 e. The van der Waals surface area contributed by atoms with E-state index < -0.39 is 24.7 Å². The molecule has 26 heavy (non-hydrogen) atoms. The molecule has 2 aromatic carbocycles. The Morgan fingerprint density at radius 2 is 2.00 bits per heavy atom. The Kier molecular flexibility index (Phi) is 5.37. The second kappa shape index (κ2) is 7.70. The van der Waals surface area contributed by atoms with Crippen molar-refractivity contribution in [2.24, 2.45) is 0 Å². The van der Waals surface area contributed by atoms with Crippen molar-refractivity contribution in [3.05, 3.63) is 65.0 Å². The van der Waals surface area contributed by atoms with E-state index in [1.54, 1.807) is 25.1 Å². The highest BCUT2D eigenvalue weighted by atomic mass is 19.1. The summed E-state index contributed by atoms with van der Waals surface area (Å²) in [5, 5.41) is 10.3. The lowest BCUT2D eigenvalue weighted by atomic mass is 9.64. The smallest absolute Gasteiger partial charge is 0.526 e. The molecule has 1 atom stereocenters. The number of halogens is 1. The normalized spacial score (nSPS) is 15.8. The van der Waals surface area contributed by atoms with Crippen LogP contribution >= 0.6 is 0 Å². The first-order valence-electron chi connectivity index (χ1n) is 8.42. The molecule has 0 aromatic heterocycles. The van der Waals surface area contributed by atoms with Crippen molar-refractivity contribution in [3.63, 3.8) is 0 Å². The zero-order valence-electron chi connectivity index (χ0n) is 14.3. The van der Waals surface area contributed by atoms with Gasteiger partial charge in [-0.2, -0.15) is 0 Å². The number of rotatable bonds is 5. The monoisotopic (exact) mass is 356 g/mol. The second-order valence-electron chi connectivity index (χ2n) is 6.12. The molecule has 0 fully saturated rings. The van der Waals surface area contributed by atoms with Gasteiger partial charge >= 0.3 is 13.1 Å². The fraction of sp³-hybridized carbons (Fsp3) is 0.263. The molecule has 0 radical (unpaired) electrons. The summed E-state index contributed by atoms with van der Waals surface area (Å²) >= 11 is 0. The van der Waals surface area contributed by atoms with E-state index in [0.29, 0.717) is 17.7 Å². The van der Waals surface area contributed by atoms with Crippen LogP contribution in [0.25, 0.3) is 0 Å². The third-order valence-corrected chi connectivity index (χ3v) is 4.33. The standard InChI is InChI=1S/C19H18BFO5/c1-2-25-19(23)16-5-3-4-13-10-14(20(24)26-18(13)16)11-17(22)12-6-8-15(21)9-7-12/h3-9,14,24H,2,10-11H2,1H3/t14-/m1/s1. The lowest BCUT2D eigenvalue weighted by molar-refractivity contribution is 0.0523. The Morgan fingerprint density at radius 3 is 2.69 bits per heavy atom. The summed E-state index contributed by atoms with van der Waals surface area (Å²) in [5.74, 6) is -1.30. The van der Waals surface area contributed by atoms with Crippen LogP contribution in [0, 0.1) is 5.82 Å². The van der Waals surface area contributed by atoms with Gasteiger partial charge in [0.2, 0.25) is 0 Å². The molecule has 3 rings (SSSR count). The number of fused-ring (bicyclic) bond motifs is 1. The van der Waals surface area contributed by atoms with Crippen LogP contribution in [-0.4, -0.2) is 30.5 Å². The third-order valence-electron chi connectivity index (χ3n) is 4.33. The van der Waals surface area contributed by atoms with Crippen LogP contribution in [0.15, 0.2) is 42.5 Å². The molecule has 1 aliphatic rings. The summed E-state index contributed by atoms with van der Waals surface area (Å²) in [5.41, 5.74) is 1.37. The number of Topliss-reactive ketones (excluding diaryl/α,β-unsaturated/α-hetero) is 1. The van der Waals surface area contributed by atoms with Crippen molar-refractivity contribution >= 4 is 18.9 Å². The Morgan fingerprint density at radius 1 is 1.27 bits per heavy atom. The molecule has 2 aromatic rings. The van der Waals surface area contributed by atoms with Gasteiger partial charge in [0.15, 0.2) is 5.78 Å². The van der Waals surface area contributed by atoms with Gasteiger partial charge in [0.1, 0.15) is 17.1 Å². The summed E-state index contributed by atoms with van der Waals surface area (Å²) in [7, 11) is -1.22. The number of carbonyl (C=O) groups excluding carboxylic acids is 2. The number of ether oxygens (including phenoxy) is 1. The lowest BCUT2D eigenvalue weighted by Gasteiger charge is -2.28. The number of hydrogen-bond donors (Lipinski definition) is 1. The van der Waals surface area contributed by atoms with Crippen LogP contribution < -0.4 is 4.65 Å². The van der Waals surface area contributed by atoms with Gasteiger partial charge in [-0.05, 0) is 49.2 Å². The fourth-order valence-electron chi connectivity index (χ4n) is 3.02. The maximum atomic E-state index is 13.0. The zero-order valence-corrected chi connectivity index (χ0v) is 14.3. The number of ketones is 1. The minimum atomic E-state index is -1.22. The van der Waals surface area contributed by atoms with E-state index in [4.69, 9.17) is 9.39 Å². The highest BCUT2D eigenvalue weighted by molar-refractivity contribution is 6.47. The van der Waals surface area contributed by atoms with Crippen LogP contribution in [-0.2, 0) is 11.2 Å². The molecule has 0 saturated heterocycles. The first-order chi connectivity index (χ1) is 12.5. The van der Waals surface area contributed by atoms with Gasteiger partial charge in [-0.15, -0.1) is 0 Å². The van der Waals surface area contributed by atoms with Crippen molar-refractivity contribution in [1.82, 2.24) is 0 Å². The van der Waals surface area contributed by atoms with Crippen molar-refractivity contribution in [2.75, 3.05) is 6.61 Å². The topological polar surface area (TPSA) is 72.8 Å². The van der Waals surface area contributed by atoms with E-state index >= 15 is 0 Å². The molecule has 1 N–H and O–H groups in total. The highest BCUT2D eigenvalue weighted by Gasteiger charge is 2.38. The van der Waals surface area contributed by atoms with E-state index in [-0.39, 0.29) is 24.4 Å². The van der Waals surface area contributed by atoms with Crippen LogP contribution in [0.4, 0.5) is 4.39 Å². The predicted octanol–water partition coefficient (Wildman–Crippen LogP) is 3.06. The number of hydrogen-bond acceptors (Lipinski definition) is 5. The SMILES string of the molecule is CCOC(=O)c1cccc2c1OB(O)[C@@H](CC(=O)c1ccc(F)cc1)C2. The van der Waals surface area contributed by atoms with Gasteiger partial charge in [0.25, 0.3) is 0 Å². The average Bonchev–Trinajstić information content (AvgIpc) is 2.62. The van der Waals surface area contributed by atoms with Gasteiger partial charge in [0.05, 0.1) is 6.61 Å². The maximum absolute atomic E-state index is 13.0. The van der Waals surface area contributed by atoms with Gasteiger partial charge in [-0.1, -0.05) is 12.1 Å². The van der Waals surface area contributed by atoms with E-state index in [0.717, 1.165) is 5.56 Å². The average molecular weight is 356 g/mol. The molecule has 0 amide bonds. The second-order valence-corrected chi connectivity index (χ2v) is 6.12. The van der Waals surface area contributed by atoms with Crippen molar-refractivity contribution in [2.45, 2.75) is 25.6 Å². The molecule has 134 valence electrons. The van der Waals surface area contributed by atoms with Crippen molar-refractivity contribution in [3.8, 4) is 5.75 Å². The quantitative estimate of drug-likeness (QED) is 0.506. The minimum absolute atomic E-state index is 0.0515.